The molecule has 1 N–H and O–H groups in total. The number of fused-ring (bicyclic) bond motifs is 2. The van der Waals surface area contributed by atoms with Gasteiger partial charge >= 0.3 is 5.97 Å². The highest BCUT2D eigenvalue weighted by atomic mass is 16.5. The van der Waals surface area contributed by atoms with E-state index < -0.39 is 6.04 Å². The SMILES string of the molecule is O=C(OC[C@@H]1NC(=O)[C@@H]2CCCN2C1=O)C1C2CCC1(c1cccnc1)C2. The minimum absolute atomic E-state index is 0.0844. The van der Waals surface area contributed by atoms with Gasteiger partial charge in [-0.25, -0.2) is 0 Å². The van der Waals surface area contributed by atoms with Gasteiger partial charge in [0.2, 0.25) is 11.8 Å². The Bertz CT molecular complexity index is 794. The van der Waals surface area contributed by atoms with Crippen molar-refractivity contribution >= 4 is 17.8 Å². The zero-order valence-electron chi connectivity index (χ0n) is 15.1. The Morgan fingerprint density at radius 1 is 1.37 bits per heavy atom. The third-order valence-electron chi connectivity index (χ3n) is 6.99. The average molecular weight is 369 g/mol. The van der Waals surface area contributed by atoms with E-state index in [1.807, 2.05) is 18.3 Å². The van der Waals surface area contributed by atoms with Gasteiger partial charge in [0.15, 0.2) is 0 Å². The Morgan fingerprint density at radius 2 is 2.26 bits per heavy atom. The number of rotatable bonds is 4. The first-order valence-electron chi connectivity index (χ1n) is 9.78. The van der Waals surface area contributed by atoms with Gasteiger partial charge in [-0.3, -0.25) is 19.4 Å². The highest BCUT2D eigenvalue weighted by molar-refractivity contribution is 5.97. The Balaban J connectivity index is 1.26. The maximum absolute atomic E-state index is 12.8. The lowest BCUT2D eigenvalue weighted by molar-refractivity contribution is -0.162. The molecule has 5 aliphatic rings. The molecule has 2 aliphatic heterocycles. The van der Waals surface area contributed by atoms with Crippen LogP contribution in [-0.2, 0) is 24.5 Å². The van der Waals surface area contributed by atoms with Crippen molar-refractivity contribution in [1.82, 2.24) is 15.2 Å². The van der Waals surface area contributed by atoms with Crippen LogP contribution in [0.1, 0.15) is 37.7 Å². The number of ether oxygens (including phenoxy) is 1. The lowest BCUT2D eigenvalue weighted by Crippen LogP contribution is -2.62. The summed E-state index contributed by atoms with van der Waals surface area (Å²) in [5.41, 5.74) is 0.929. The minimum atomic E-state index is -0.761. The highest BCUT2D eigenvalue weighted by Gasteiger charge is 2.63. The summed E-state index contributed by atoms with van der Waals surface area (Å²) in [7, 11) is 0. The average Bonchev–Trinajstić information content (AvgIpc) is 3.39. The largest absolute Gasteiger partial charge is 0.463 e. The molecule has 3 unspecified atom stereocenters. The van der Waals surface area contributed by atoms with Gasteiger partial charge in [-0.2, -0.15) is 0 Å². The van der Waals surface area contributed by atoms with E-state index >= 15 is 0 Å². The number of amides is 2. The second-order valence-electron chi connectivity index (χ2n) is 8.26. The van der Waals surface area contributed by atoms with Gasteiger partial charge in [-0.05, 0) is 49.7 Å². The third-order valence-corrected chi connectivity index (χ3v) is 6.99. The fourth-order valence-electron chi connectivity index (χ4n) is 5.69. The quantitative estimate of drug-likeness (QED) is 0.793. The number of carbonyl (C=O) groups excluding carboxylic acids is 3. The first kappa shape index (κ1) is 16.7. The van der Waals surface area contributed by atoms with Gasteiger partial charge in [0.05, 0.1) is 5.92 Å². The van der Waals surface area contributed by atoms with E-state index in [4.69, 9.17) is 4.74 Å². The van der Waals surface area contributed by atoms with Crippen molar-refractivity contribution in [3.8, 4) is 0 Å². The molecule has 5 atom stereocenters. The van der Waals surface area contributed by atoms with Gasteiger partial charge in [-0.15, -0.1) is 0 Å². The van der Waals surface area contributed by atoms with Crippen molar-refractivity contribution in [2.45, 2.75) is 49.6 Å². The molecule has 3 aliphatic carbocycles. The topological polar surface area (TPSA) is 88.6 Å². The maximum atomic E-state index is 12.8. The lowest BCUT2D eigenvalue weighted by atomic mass is 9.57. The zero-order chi connectivity index (χ0) is 18.6. The Labute approximate surface area is 157 Å². The second-order valence-corrected chi connectivity index (χ2v) is 8.26. The molecule has 3 heterocycles. The van der Waals surface area contributed by atoms with Crippen LogP contribution in [0.5, 0.6) is 0 Å². The van der Waals surface area contributed by atoms with Crippen molar-refractivity contribution in [1.29, 1.82) is 0 Å². The molecule has 7 heteroatoms. The first-order valence-corrected chi connectivity index (χ1v) is 9.78. The lowest BCUT2D eigenvalue weighted by Gasteiger charge is -2.46. The molecule has 2 bridgehead atoms. The van der Waals surface area contributed by atoms with Crippen LogP contribution >= 0.6 is 0 Å². The molecule has 0 spiro atoms. The summed E-state index contributed by atoms with van der Waals surface area (Å²) >= 11 is 0. The molecule has 1 aromatic heterocycles. The second kappa shape index (κ2) is 6.04. The van der Waals surface area contributed by atoms with E-state index in [-0.39, 0.29) is 41.8 Å². The molecule has 0 radical (unpaired) electrons. The summed E-state index contributed by atoms with van der Waals surface area (Å²) < 4.78 is 5.56. The third kappa shape index (κ3) is 2.40. The van der Waals surface area contributed by atoms with Gasteiger partial charge in [0, 0.05) is 24.4 Å². The molecule has 3 saturated carbocycles. The summed E-state index contributed by atoms with van der Waals surface area (Å²) in [6, 6.07) is 2.83. The normalized spacial score (nSPS) is 36.8. The molecule has 2 saturated heterocycles. The van der Waals surface area contributed by atoms with Crippen LogP contribution in [0.4, 0.5) is 0 Å². The van der Waals surface area contributed by atoms with Crippen LogP contribution < -0.4 is 5.32 Å². The van der Waals surface area contributed by atoms with Gasteiger partial charge in [-0.1, -0.05) is 6.07 Å². The predicted octanol–water partition coefficient (Wildman–Crippen LogP) is 0.782. The van der Waals surface area contributed by atoms with Crippen LogP contribution in [0.2, 0.25) is 0 Å². The van der Waals surface area contributed by atoms with E-state index in [1.165, 1.54) is 0 Å². The monoisotopic (exact) mass is 369 g/mol. The summed E-state index contributed by atoms with van der Waals surface area (Å²) in [6.07, 6.45) is 8.12. The molecule has 142 valence electrons. The number of esters is 1. The summed E-state index contributed by atoms with van der Waals surface area (Å²) in [5, 5.41) is 2.73. The molecule has 27 heavy (non-hydrogen) atoms. The minimum Gasteiger partial charge on any atom is -0.463 e. The van der Waals surface area contributed by atoms with E-state index in [0.29, 0.717) is 18.9 Å². The standard InChI is InChI=1S/C20H23N3O4/c24-17-15-4-2-8-23(15)18(25)14(22-17)11-27-19(26)16-12-5-6-20(16,9-12)13-3-1-7-21-10-13/h1,3,7,10,12,14-16H,2,4-6,8-9,11H2,(H,22,24)/t12?,14-,15-,16?,20?/m0/s1. The van der Waals surface area contributed by atoms with E-state index in [1.54, 1.807) is 11.1 Å². The van der Waals surface area contributed by atoms with Crippen LogP contribution in [0, 0.1) is 11.8 Å². The number of aromatic nitrogens is 1. The molecule has 0 aromatic carbocycles. The Hall–Kier alpha value is -2.44. The van der Waals surface area contributed by atoms with Gasteiger partial charge in [0.25, 0.3) is 0 Å². The number of carbonyl (C=O) groups is 3. The summed E-state index contributed by atoms with van der Waals surface area (Å²) in [6.45, 7) is 0.523. The molecular formula is C20H23N3O4. The fraction of sp³-hybridized carbons (Fsp3) is 0.600. The number of hydrogen-bond donors (Lipinski definition) is 1. The first-order chi connectivity index (χ1) is 13.1. The highest BCUT2D eigenvalue weighted by Crippen LogP contribution is 2.64. The number of hydrogen-bond acceptors (Lipinski definition) is 5. The summed E-state index contributed by atoms with van der Waals surface area (Å²) in [5.74, 6) is -0.349. The molecule has 6 rings (SSSR count). The van der Waals surface area contributed by atoms with Crippen LogP contribution in [0.15, 0.2) is 24.5 Å². The van der Waals surface area contributed by atoms with Crippen molar-refractivity contribution < 1.29 is 19.1 Å². The number of pyridine rings is 1. The molecule has 2 amide bonds. The fourth-order valence-corrected chi connectivity index (χ4v) is 5.69. The van der Waals surface area contributed by atoms with Crippen molar-refractivity contribution in [2.75, 3.05) is 13.2 Å². The summed E-state index contributed by atoms with van der Waals surface area (Å²) in [4.78, 5) is 43.4. The van der Waals surface area contributed by atoms with Crippen molar-refractivity contribution in [3.05, 3.63) is 30.1 Å². The van der Waals surface area contributed by atoms with Crippen molar-refractivity contribution in [3.63, 3.8) is 0 Å². The van der Waals surface area contributed by atoms with Crippen LogP contribution in [0.3, 0.4) is 0 Å². The van der Waals surface area contributed by atoms with E-state index in [2.05, 4.69) is 10.3 Å². The maximum Gasteiger partial charge on any atom is 0.310 e. The van der Waals surface area contributed by atoms with Crippen LogP contribution in [-0.4, -0.2) is 52.9 Å². The number of nitrogens with zero attached hydrogens (tertiary/aromatic N) is 2. The molecular weight excluding hydrogens is 346 g/mol. The molecule has 7 nitrogen and oxygen atoms in total. The van der Waals surface area contributed by atoms with Gasteiger partial charge in [0.1, 0.15) is 18.7 Å². The molecule has 5 fully saturated rings. The van der Waals surface area contributed by atoms with Gasteiger partial charge < -0.3 is 15.0 Å². The number of nitrogens with one attached hydrogen (secondary N) is 1. The smallest absolute Gasteiger partial charge is 0.310 e. The Kier molecular flexibility index (Phi) is 3.74. The van der Waals surface area contributed by atoms with E-state index in [9.17, 15) is 14.4 Å². The van der Waals surface area contributed by atoms with Crippen LogP contribution in [0.25, 0.3) is 0 Å². The van der Waals surface area contributed by atoms with Crippen molar-refractivity contribution in [2.24, 2.45) is 11.8 Å². The number of piperazine rings is 1. The molecule has 1 aromatic rings. The predicted molar refractivity (Wildman–Crippen MR) is 94.4 cm³/mol. The van der Waals surface area contributed by atoms with E-state index in [0.717, 1.165) is 31.2 Å². The Morgan fingerprint density at radius 3 is 3.04 bits per heavy atom. The zero-order valence-corrected chi connectivity index (χ0v) is 15.1.